The van der Waals surface area contributed by atoms with Gasteiger partial charge in [0, 0.05) is 11.4 Å². The Morgan fingerprint density at radius 3 is 2.68 bits per heavy atom. The number of benzene rings is 1. The minimum atomic E-state index is -0.506. The third-order valence-electron chi connectivity index (χ3n) is 5.34. The molecule has 0 fully saturated rings. The van der Waals surface area contributed by atoms with E-state index in [0.29, 0.717) is 40.5 Å². The van der Waals surface area contributed by atoms with Crippen LogP contribution in [0.15, 0.2) is 34.6 Å². The predicted octanol–water partition coefficient (Wildman–Crippen LogP) is 5.60. The number of unbranched alkanes of at least 4 members (excludes halogenated alkanes) is 2. The summed E-state index contributed by atoms with van der Waals surface area (Å²) in [6, 6.07) is 5.25. The van der Waals surface area contributed by atoms with Gasteiger partial charge >= 0.3 is 5.97 Å². The van der Waals surface area contributed by atoms with E-state index in [2.05, 4.69) is 24.1 Å². The molecule has 0 saturated heterocycles. The summed E-state index contributed by atoms with van der Waals surface area (Å²) in [5.41, 5.74) is 2.03. The normalized spacial score (nSPS) is 15.2. The van der Waals surface area contributed by atoms with E-state index >= 15 is 0 Å². The monoisotopic (exact) mass is 488 g/mol. The Morgan fingerprint density at radius 1 is 1.21 bits per heavy atom. The molecule has 3 rings (SSSR count). The van der Waals surface area contributed by atoms with Gasteiger partial charge in [0.15, 0.2) is 11.5 Å². The summed E-state index contributed by atoms with van der Waals surface area (Å²) >= 11 is 1.59. The van der Waals surface area contributed by atoms with Gasteiger partial charge in [0.25, 0.3) is 0 Å². The lowest BCUT2D eigenvalue weighted by molar-refractivity contribution is -0.143. The molecule has 0 bridgehead atoms. The number of carbonyl (C=O) groups is 1. The maximum Gasteiger partial charge on any atom is 0.338 e. The van der Waals surface area contributed by atoms with Crippen LogP contribution in [0.1, 0.15) is 71.9 Å². The molecule has 1 aliphatic heterocycles. The highest BCUT2D eigenvalue weighted by Gasteiger charge is 2.36. The fourth-order valence-electron chi connectivity index (χ4n) is 3.74. The predicted molar refractivity (Wildman–Crippen MR) is 135 cm³/mol. The first-order chi connectivity index (χ1) is 16.4. The zero-order valence-electron chi connectivity index (χ0n) is 21.0. The minimum Gasteiger partial charge on any atom is -0.493 e. The first-order valence-electron chi connectivity index (χ1n) is 12.0. The van der Waals surface area contributed by atoms with Crippen LogP contribution >= 0.6 is 11.8 Å². The summed E-state index contributed by atoms with van der Waals surface area (Å²) in [5.74, 6) is 2.43. The van der Waals surface area contributed by atoms with Crippen molar-refractivity contribution in [1.82, 2.24) is 14.8 Å². The molecule has 0 spiro atoms. The highest BCUT2D eigenvalue weighted by molar-refractivity contribution is 7.99. The molecule has 0 saturated carbocycles. The second-order valence-corrected chi connectivity index (χ2v) is 9.56. The molecule has 186 valence electrons. The van der Waals surface area contributed by atoms with E-state index in [1.165, 1.54) is 0 Å². The number of hydrogen-bond donors (Lipinski definition) is 1. The van der Waals surface area contributed by atoms with Gasteiger partial charge in [0.05, 0.1) is 25.4 Å². The quantitative estimate of drug-likeness (QED) is 0.235. The molecule has 1 N–H and O–H groups in total. The number of thioether (sulfide) groups is 1. The van der Waals surface area contributed by atoms with Crippen LogP contribution in [0.2, 0.25) is 0 Å². The largest absolute Gasteiger partial charge is 0.493 e. The molecule has 0 aliphatic carbocycles. The van der Waals surface area contributed by atoms with Crippen LogP contribution in [0.4, 0.5) is 5.95 Å². The second kappa shape index (κ2) is 12.1. The number of aromatic nitrogens is 3. The third kappa shape index (κ3) is 6.05. The number of ether oxygens (including phenoxy) is 3. The maximum absolute atomic E-state index is 13.2. The number of carbonyl (C=O) groups excluding carboxylic acids is 1. The second-order valence-electron chi connectivity index (χ2n) is 8.50. The Kier molecular flexibility index (Phi) is 9.27. The number of anilines is 1. The van der Waals surface area contributed by atoms with Crippen molar-refractivity contribution in [3.63, 3.8) is 0 Å². The first kappa shape index (κ1) is 25.9. The zero-order valence-corrected chi connectivity index (χ0v) is 21.8. The van der Waals surface area contributed by atoms with Gasteiger partial charge in [0.1, 0.15) is 6.04 Å². The van der Waals surface area contributed by atoms with Gasteiger partial charge < -0.3 is 19.5 Å². The Balaban J connectivity index is 2.02. The fraction of sp³-hybridized carbons (Fsp3) is 0.560. The topological polar surface area (TPSA) is 87.5 Å². The van der Waals surface area contributed by atoms with Crippen LogP contribution in [0.25, 0.3) is 0 Å². The minimum absolute atomic E-state index is 0.241. The lowest BCUT2D eigenvalue weighted by Crippen LogP contribution is -2.30. The summed E-state index contributed by atoms with van der Waals surface area (Å²) in [7, 11) is 1.62. The van der Waals surface area contributed by atoms with Gasteiger partial charge in [-0.15, -0.1) is 5.10 Å². The van der Waals surface area contributed by atoms with E-state index in [9.17, 15) is 4.79 Å². The molecular formula is C25H36N4O4S. The Morgan fingerprint density at radius 2 is 2.00 bits per heavy atom. The lowest BCUT2D eigenvalue weighted by atomic mass is 9.95. The average molecular weight is 489 g/mol. The summed E-state index contributed by atoms with van der Waals surface area (Å²) < 4.78 is 19.0. The van der Waals surface area contributed by atoms with Crippen molar-refractivity contribution in [3.8, 4) is 11.5 Å². The number of nitrogens with zero attached hydrogens (tertiary/aromatic N) is 3. The lowest BCUT2D eigenvalue weighted by Gasteiger charge is -2.29. The summed E-state index contributed by atoms with van der Waals surface area (Å²) in [6.45, 7) is 10.5. The van der Waals surface area contributed by atoms with Crippen LogP contribution in [0, 0.1) is 0 Å². The van der Waals surface area contributed by atoms with E-state index in [1.807, 2.05) is 39.0 Å². The molecule has 1 unspecified atom stereocenters. The standard InChI is InChI=1S/C25H36N4O4S/c1-7-9-10-13-32-19-12-11-18(15-20(19)31-6)22-21(23(30)33-16(3)4)17(5)26-24-27-25(28-29(22)24)34-14-8-2/h11-12,15-16,22H,7-10,13-14H2,1-6H3,(H,26,27,28). The Labute approximate surface area is 206 Å². The van der Waals surface area contributed by atoms with Crippen molar-refractivity contribution in [1.29, 1.82) is 0 Å². The molecule has 34 heavy (non-hydrogen) atoms. The summed E-state index contributed by atoms with van der Waals surface area (Å²) in [5, 5.41) is 8.64. The van der Waals surface area contributed by atoms with E-state index in [-0.39, 0.29) is 12.1 Å². The van der Waals surface area contributed by atoms with Crippen LogP contribution in [-0.2, 0) is 9.53 Å². The molecule has 1 aromatic heterocycles. The molecule has 8 nitrogen and oxygen atoms in total. The van der Waals surface area contributed by atoms with Gasteiger partial charge in [0.2, 0.25) is 11.1 Å². The fourth-order valence-corrected chi connectivity index (χ4v) is 4.43. The third-order valence-corrected chi connectivity index (χ3v) is 6.38. The van der Waals surface area contributed by atoms with E-state index in [1.54, 1.807) is 23.6 Å². The van der Waals surface area contributed by atoms with Crippen LogP contribution in [0.5, 0.6) is 11.5 Å². The molecule has 9 heteroatoms. The van der Waals surface area contributed by atoms with Crippen molar-refractivity contribution < 1.29 is 19.0 Å². The van der Waals surface area contributed by atoms with Crippen LogP contribution in [0.3, 0.4) is 0 Å². The Hall–Kier alpha value is -2.68. The van der Waals surface area contributed by atoms with Crippen molar-refractivity contribution in [2.45, 2.75) is 77.6 Å². The number of allylic oxidation sites excluding steroid dienone is 1. The maximum atomic E-state index is 13.2. The van der Waals surface area contributed by atoms with Gasteiger partial charge in [-0.3, -0.25) is 0 Å². The molecule has 1 aliphatic rings. The molecule has 1 aromatic carbocycles. The molecule has 0 amide bonds. The number of rotatable bonds is 12. The first-order valence-corrected chi connectivity index (χ1v) is 13.0. The Bertz CT molecular complexity index is 1020. The SMILES string of the molecule is CCCCCOc1ccc(C2C(C(=O)OC(C)C)=C(C)Nc3nc(SCCC)nn32)cc1OC. The van der Waals surface area contributed by atoms with Gasteiger partial charge in [-0.2, -0.15) is 4.98 Å². The molecular weight excluding hydrogens is 452 g/mol. The summed E-state index contributed by atoms with van der Waals surface area (Å²) in [6.07, 6.45) is 4.02. The molecule has 0 radical (unpaired) electrons. The highest BCUT2D eigenvalue weighted by atomic mass is 32.2. The van der Waals surface area contributed by atoms with E-state index in [0.717, 1.165) is 37.0 Å². The van der Waals surface area contributed by atoms with Crippen molar-refractivity contribution in [2.24, 2.45) is 0 Å². The smallest absolute Gasteiger partial charge is 0.338 e. The number of hydrogen-bond acceptors (Lipinski definition) is 8. The highest BCUT2D eigenvalue weighted by Crippen LogP contribution is 2.40. The number of fused-ring (bicyclic) bond motifs is 1. The number of esters is 1. The van der Waals surface area contributed by atoms with E-state index < -0.39 is 6.04 Å². The summed E-state index contributed by atoms with van der Waals surface area (Å²) in [4.78, 5) is 17.8. The number of methoxy groups -OCH3 is 1. The molecule has 2 heterocycles. The van der Waals surface area contributed by atoms with Crippen molar-refractivity contribution in [3.05, 3.63) is 35.0 Å². The van der Waals surface area contributed by atoms with Crippen molar-refractivity contribution in [2.75, 3.05) is 24.8 Å². The average Bonchev–Trinajstić information content (AvgIpc) is 3.21. The van der Waals surface area contributed by atoms with E-state index in [4.69, 9.17) is 19.3 Å². The zero-order chi connectivity index (χ0) is 24.7. The van der Waals surface area contributed by atoms with Gasteiger partial charge in [-0.1, -0.05) is 44.5 Å². The van der Waals surface area contributed by atoms with Crippen LogP contribution < -0.4 is 14.8 Å². The number of nitrogens with one attached hydrogen (secondary N) is 1. The van der Waals surface area contributed by atoms with Crippen LogP contribution in [-0.4, -0.2) is 46.3 Å². The van der Waals surface area contributed by atoms with Gasteiger partial charge in [-0.25, -0.2) is 9.48 Å². The molecule has 1 atom stereocenters. The van der Waals surface area contributed by atoms with Gasteiger partial charge in [-0.05, 0) is 51.3 Å². The molecule has 2 aromatic rings. The van der Waals surface area contributed by atoms with Crippen molar-refractivity contribution >= 4 is 23.7 Å².